The molecule has 25 heavy (non-hydrogen) atoms. The molecule has 2 heterocycles. The van der Waals surface area contributed by atoms with E-state index >= 15 is 0 Å². The maximum absolute atomic E-state index is 12.8. The summed E-state index contributed by atoms with van der Waals surface area (Å²) in [6.07, 6.45) is 6.20. The number of para-hydroxylation sites is 1. The van der Waals surface area contributed by atoms with Crippen molar-refractivity contribution in [1.29, 1.82) is 0 Å². The van der Waals surface area contributed by atoms with Gasteiger partial charge in [-0.2, -0.15) is 0 Å². The molecule has 1 aromatic carbocycles. The molecule has 0 saturated heterocycles. The van der Waals surface area contributed by atoms with Gasteiger partial charge in [-0.05, 0) is 43.0 Å². The van der Waals surface area contributed by atoms with Gasteiger partial charge in [-0.1, -0.05) is 31.0 Å². The van der Waals surface area contributed by atoms with Crippen molar-refractivity contribution in [1.82, 2.24) is 4.98 Å². The van der Waals surface area contributed by atoms with Crippen LogP contribution >= 0.6 is 0 Å². The summed E-state index contributed by atoms with van der Waals surface area (Å²) in [5, 5.41) is 13.4. The molecule has 4 rings (SSSR count). The van der Waals surface area contributed by atoms with E-state index in [1.165, 1.54) is 5.56 Å². The number of carbonyl (C=O) groups excluding carboxylic acids is 1. The number of hydrogen-bond acceptors (Lipinski definition) is 4. The Bertz CT molecular complexity index is 760. The van der Waals surface area contributed by atoms with Gasteiger partial charge < -0.3 is 15.3 Å². The summed E-state index contributed by atoms with van der Waals surface area (Å²) in [6, 6.07) is 11.7. The highest BCUT2D eigenvalue weighted by Crippen LogP contribution is 2.29. The van der Waals surface area contributed by atoms with E-state index in [2.05, 4.69) is 16.4 Å². The maximum Gasteiger partial charge on any atom is 0.259 e. The Balaban J connectivity index is 1.46. The Morgan fingerprint density at radius 3 is 2.80 bits per heavy atom. The van der Waals surface area contributed by atoms with Crippen molar-refractivity contribution in [3.63, 3.8) is 0 Å². The summed E-state index contributed by atoms with van der Waals surface area (Å²) in [5.74, 6) is 0.700. The van der Waals surface area contributed by atoms with E-state index < -0.39 is 0 Å². The van der Waals surface area contributed by atoms with Gasteiger partial charge in [-0.25, -0.2) is 4.98 Å². The Hall–Kier alpha value is -2.40. The average molecular weight is 337 g/mol. The number of amides is 1. The molecule has 2 aromatic rings. The van der Waals surface area contributed by atoms with Crippen LogP contribution in [0.1, 0.15) is 41.6 Å². The number of nitrogens with zero attached hydrogens (tertiary/aromatic N) is 2. The third kappa shape index (κ3) is 3.24. The molecule has 2 atom stereocenters. The highest BCUT2D eigenvalue weighted by Gasteiger charge is 2.26. The fourth-order valence-electron chi connectivity index (χ4n) is 3.78. The Morgan fingerprint density at radius 1 is 1.16 bits per heavy atom. The number of pyridine rings is 1. The molecule has 1 fully saturated rings. The van der Waals surface area contributed by atoms with Crippen molar-refractivity contribution in [3.8, 4) is 0 Å². The van der Waals surface area contributed by atoms with Crippen molar-refractivity contribution in [2.24, 2.45) is 0 Å². The molecule has 5 heteroatoms. The van der Waals surface area contributed by atoms with E-state index in [1.54, 1.807) is 6.20 Å². The normalized spacial score (nSPS) is 22.5. The van der Waals surface area contributed by atoms with Crippen molar-refractivity contribution >= 4 is 17.4 Å². The third-order valence-corrected chi connectivity index (χ3v) is 5.21. The summed E-state index contributed by atoms with van der Waals surface area (Å²) in [4.78, 5) is 19.0. The fourth-order valence-corrected chi connectivity index (χ4v) is 3.78. The zero-order chi connectivity index (χ0) is 17.2. The first-order valence-electron chi connectivity index (χ1n) is 9.03. The molecule has 5 nitrogen and oxygen atoms in total. The molecule has 1 amide bonds. The lowest BCUT2D eigenvalue weighted by atomic mass is 9.92. The lowest BCUT2D eigenvalue weighted by Crippen LogP contribution is -2.36. The average Bonchev–Trinajstić information content (AvgIpc) is 3.08. The minimum absolute atomic E-state index is 0.0123. The van der Waals surface area contributed by atoms with Crippen molar-refractivity contribution in [3.05, 3.63) is 53.7 Å². The molecule has 2 aliphatic rings. The first kappa shape index (κ1) is 16.1. The molecular formula is C20H23N3O2. The number of carbonyl (C=O) groups is 1. The van der Waals surface area contributed by atoms with Gasteiger partial charge in [-0.15, -0.1) is 0 Å². The van der Waals surface area contributed by atoms with Crippen LogP contribution in [0.5, 0.6) is 0 Å². The van der Waals surface area contributed by atoms with Crippen LogP contribution in [0, 0.1) is 0 Å². The zero-order valence-electron chi connectivity index (χ0n) is 14.2. The minimum Gasteiger partial charge on any atom is -0.391 e. The minimum atomic E-state index is -0.321. The maximum atomic E-state index is 12.8. The summed E-state index contributed by atoms with van der Waals surface area (Å²) >= 11 is 0. The highest BCUT2D eigenvalue weighted by molar-refractivity contribution is 6.07. The lowest BCUT2D eigenvalue weighted by molar-refractivity contribution is 0.0989. The number of aromatic nitrogens is 1. The summed E-state index contributed by atoms with van der Waals surface area (Å²) in [6.45, 7) is 0.715. The van der Waals surface area contributed by atoms with Crippen LogP contribution in [0.4, 0.5) is 11.5 Å². The van der Waals surface area contributed by atoms with Crippen LogP contribution in [0.3, 0.4) is 0 Å². The molecule has 1 aliphatic heterocycles. The Morgan fingerprint density at radius 2 is 2.00 bits per heavy atom. The number of nitrogens with one attached hydrogen (secondary N) is 1. The van der Waals surface area contributed by atoms with Crippen molar-refractivity contribution < 1.29 is 9.90 Å². The van der Waals surface area contributed by atoms with Crippen LogP contribution < -0.4 is 10.2 Å². The van der Waals surface area contributed by atoms with Crippen molar-refractivity contribution in [2.45, 2.75) is 44.2 Å². The number of fused-ring (bicyclic) bond motifs is 1. The van der Waals surface area contributed by atoms with Gasteiger partial charge in [0.2, 0.25) is 0 Å². The number of rotatable bonds is 3. The van der Waals surface area contributed by atoms with E-state index in [-0.39, 0.29) is 18.1 Å². The molecular weight excluding hydrogens is 314 g/mol. The van der Waals surface area contributed by atoms with E-state index in [1.807, 2.05) is 35.2 Å². The molecule has 2 N–H and O–H groups in total. The van der Waals surface area contributed by atoms with Crippen LogP contribution in [0.2, 0.25) is 0 Å². The number of benzene rings is 1. The lowest BCUT2D eigenvalue weighted by Gasteiger charge is -2.28. The van der Waals surface area contributed by atoms with Crippen LogP contribution in [-0.2, 0) is 6.42 Å². The quantitative estimate of drug-likeness (QED) is 0.904. The molecule has 1 aromatic heterocycles. The Labute approximate surface area is 147 Å². The predicted molar refractivity (Wildman–Crippen MR) is 97.9 cm³/mol. The van der Waals surface area contributed by atoms with Gasteiger partial charge in [0.15, 0.2) is 0 Å². The van der Waals surface area contributed by atoms with Crippen molar-refractivity contribution in [2.75, 3.05) is 16.8 Å². The first-order valence-corrected chi connectivity index (χ1v) is 9.03. The number of aliphatic hydroxyl groups excluding tert-OH is 1. The molecule has 0 radical (unpaired) electrons. The van der Waals surface area contributed by atoms with Gasteiger partial charge in [-0.3, -0.25) is 4.79 Å². The summed E-state index contributed by atoms with van der Waals surface area (Å²) < 4.78 is 0. The second-order valence-corrected chi connectivity index (χ2v) is 6.87. The second-order valence-electron chi connectivity index (χ2n) is 6.87. The van der Waals surface area contributed by atoms with Gasteiger partial charge in [0.1, 0.15) is 5.82 Å². The van der Waals surface area contributed by atoms with Gasteiger partial charge in [0, 0.05) is 18.4 Å². The second kappa shape index (κ2) is 6.84. The summed E-state index contributed by atoms with van der Waals surface area (Å²) in [5.41, 5.74) is 2.81. The standard InChI is InChI=1S/C20H23N3O2/c24-18-8-4-2-6-16(18)22-19-10-9-15(13-21-19)20(25)23-12-11-14-5-1-3-7-17(14)23/h1,3,5,7,9-10,13,16,18,24H,2,4,6,8,11-12H2,(H,21,22)/t16-,18-/m1/s1. The molecule has 1 saturated carbocycles. The SMILES string of the molecule is O=C(c1ccc(N[C@@H]2CCCC[C@H]2O)nc1)N1CCc2ccccc21. The van der Waals surface area contributed by atoms with E-state index in [9.17, 15) is 9.90 Å². The largest absolute Gasteiger partial charge is 0.391 e. The monoisotopic (exact) mass is 337 g/mol. The molecule has 1 aliphatic carbocycles. The van der Waals surface area contributed by atoms with Gasteiger partial charge >= 0.3 is 0 Å². The number of hydrogen-bond donors (Lipinski definition) is 2. The fraction of sp³-hybridized carbons (Fsp3) is 0.400. The highest BCUT2D eigenvalue weighted by atomic mass is 16.3. The predicted octanol–water partition coefficient (Wildman–Crippen LogP) is 3.00. The Kier molecular flexibility index (Phi) is 4.40. The van der Waals surface area contributed by atoms with E-state index in [4.69, 9.17) is 0 Å². The van der Waals surface area contributed by atoms with Crippen LogP contribution in [-0.4, -0.2) is 34.7 Å². The van der Waals surface area contributed by atoms with Crippen LogP contribution in [0.15, 0.2) is 42.6 Å². The smallest absolute Gasteiger partial charge is 0.259 e. The third-order valence-electron chi connectivity index (χ3n) is 5.21. The molecule has 0 spiro atoms. The molecule has 130 valence electrons. The molecule has 0 bridgehead atoms. The van der Waals surface area contributed by atoms with Gasteiger partial charge in [0.05, 0.1) is 17.7 Å². The van der Waals surface area contributed by atoms with Gasteiger partial charge in [0.25, 0.3) is 5.91 Å². The first-order chi connectivity index (χ1) is 12.2. The topological polar surface area (TPSA) is 65.5 Å². The number of anilines is 2. The molecule has 0 unspecified atom stereocenters. The van der Waals surface area contributed by atoms with Crippen LogP contribution in [0.25, 0.3) is 0 Å². The summed E-state index contributed by atoms with van der Waals surface area (Å²) in [7, 11) is 0. The van der Waals surface area contributed by atoms with E-state index in [0.29, 0.717) is 17.9 Å². The number of aliphatic hydroxyl groups is 1. The van der Waals surface area contributed by atoms with E-state index in [0.717, 1.165) is 37.8 Å². The zero-order valence-corrected chi connectivity index (χ0v) is 14.2.